The molecular formula is C11H15ClN2O4S2. The average molecular weight is 339 g/mol. The highest BCUT2D eigenvalue weighted by atomic mass is 35.5. The largest absolute Gasteiger partial charge is 0.398 e. The molecule has 6 nitrogen and oxygen atoms in total. The molecule has 112 valence electrons. The maximum Gasteiger partial charge on any atom is 0.245 e. The highest BCUT2D eigenvalue weighted by Crippen LogP contribution is 2.28. The Morgan fingerprint density at radius 2 is 2.05 bits per heavy atom. The monoisotopic (exact) mass is 338 g/mol. The maximum absolute atomic E-state index is 12.6. The van der Waals surface area contributed by atoms with E-state index in [1.807, 2.05) is 0 Å². The summed E-state index contributed by atoms with van der Waals surface area (Å²) in [5.41, 5.74) is 5.79. The lowest BCUT2D eigenvalue weighted by Gasteiger charge is -2.32. The van der Waals surface area contributed by atoms with E-state index in [9.17, 15) is 16.8 Å². The van der Waals surface area contributed by atoms with Crippen LogP contribution in [0.3, 0.4) is 0 Å². The number of sulfone groups is 1. The lowest BCUT2D eigenvalue weighted by Crippen LogP contribution is -2.49. The van der Waals surface area contributed by atoms with Crippen molar-refractivity contribution in [1.29, 1.82) is 0 Å². The Labute approximate surface area is 123 Å². The summed E-state index contributed by atoms with van der Waals surface area (Å²) < 4.78 is 49.4. The van der Waals surface area contributed by atoms with Gasteiger partial charge in [-0.3, -0.25) is 0 Å². The molecule has 1 atom stereocenters. The van der Waals surface area contributed by atoms with E-state index in [2.05, 4.69) is 0 Å². The molecule has 1 heterocycles. The van der Waals surface area contributed by atoms with E-state index in [1.165, 1.54) is 18.2 Å². The molecule has 1 saturated heterocycles. The van der Waals surface area contributed by atoms with Crippen LogP contribution in [0.15, 0.2) is 23.1 Å². The van der Waals surface area contributed by atoms with Gasteiger partial charge in [0.2, 0.25) is 10.0 Å². The fraction of sp³-hybridized carbons (Fsp3) is 0.455. The molecule has 1 aromatic rings. The number of anilines is 1. The second-order valence-corrected chi connectivity index (χ2v) is 9.29. The molecule has 0 aromatic heterocycles. The molecule has 1 unspecified atom stereocenters. The van der Waals surface area contributed by atoms with Gasteiger partial charge in [0.05, 0.1) is 17.2 Å². The van der Waals surface area contributed by atoms with Crippen molar-refractivity contribution in [2.45, 2.75) is 17.9 Å². The van der Waals surface area contributed by atoms with E-state index in [4.69, 9.17) is 17.3 Å². The van der Waals surface area contributed by atoms with Gasteiger partial charge in [-0.05, 0) is 25.1 Å². The first kappa shape index (κ1) is 15.6. The number of benzene rings is 1. The summed E-state index contributed by atoms with van der Waals surface area (Å²) in [4.78, 5) is -0.0869. The topological polar surface area (TPSA) is 97.5 Å². The SMILES string of the molecule is CC1CS(=O)(=O)CCN1S(=O)(=O)c1cc(Cl)ccc1N. The fourth-order valence-electron chi connectivity index (χ4n) is 2.20. The molecule has 0 amide bonds. The zero-order valence-corrected chi connectivity index (χ0v) is 13.2. The summed E-state index contributed by atoms with van der Waals surface area (Å²) in [6.45, 7) is 1.49. The molecule has 1 aromatic carbocycles. The Bertz CT molecular complexity index is 731. The van der Waals surface area contributed by atoms with Crippen LogP contribution in [0.25, 0.3) is 0 Å². The highest BCUT2D eigenvalue weighted by Gasteiger charge is 2.37. The summed E-state index contributed by atoms with van der Waals surface area (Å²) >= 11 is 5.81. The number of nitrogen functional groups attached to an aromatic ring is 1. The number of nitrogens with two attached hydrogens (primary N) is 1. The van der Waals surface area contributed by atoms with E-state index in [-0.39, 0.29) is 33.7 Å². The van der Waals surface area contributed by atoms with E-state index in [0.29, 0.717) is 0 Å². The molecule has 20 heavy (non-hydrogen) atoms. The van der Waals surface area contributed by atoms with Crippen LogP contribution < -0.4 is 5.73 Å². The van der Waals surface area contributed by atoms with Gasteiger partial charge in [0.1, 0.15) is 4.90 Å². The fourth-order valence-corrected chi connectivity index (χ4v) is 5.98. The Morgan fingerprint density at radius 1 is 1.40 bits per heavy atom. The summed E-state index contributed by atoms with van der Waals surface area (Å²) in [6.07, 6.45) is 0. The van der Waals surface area contributed by atoms with E-state index < -0.39 is 25.9 Å². The van der Waals surface area contributed by atoms with Crippen LogP contribution in [0.4, 0.5) is 5.69 Å². The normalized spacial score (nSPS) is 23.6. The second-order valence-electron chi connectivity index (χ2n) is 4.76. The summed E-state index contributed by atoms with van der Waals surface area (Å²) in [7, 11) is -7.04. The van der Waals surface area contributed by atoms with E-state index in [0.717, 1.165) is 4.31 Å². The van der Waals surface area contributed by atoms with Crippen molar-refractivity contribution in [3.63, 3.8) is 0 Å². The molecule has 9 heteroatoms. The zero-order chi connectivity index (χ0) is 15.1. The predicted molar refractivity (Wildman–Crippen MR) is 77.9 cm³/mol. The second kappa shape index (κ2) is 5.18. The molecular weight excluding hydrogens is 324 g/mol. The van der Waals surface area contributed by atoms with Crippen LogP contribution in [0.1, 0.15) is 6.92 Å². The molecule has 2 rings (SSSR count). The van der Waals surface area contributed by atoms with Gasteiger partial charge in [-0.15, -0.1) is 0 Å². The van der Waals surface area contributed by atoms with Crippen LogP contribution in [0, 0.1) is 0 Å². The number of sulfonamides is 1. The van der Waals surface area contributed by atoms with Crippen LogP contribution >= 0.6 is 11.6 Å². The molecule has 0 bridgehead atoms. The minimum Gasteiger partial charge on any atom is -0.398 e. The van der Waals surface area contributed by atoms with Crippen molar-refractivity contribution in [2.75, 3.05) is 23.8 Å². The van der Waals surface area contributed by atoms with Crippen molar-refractivity contribution in [3.8, 4) is 0 Å². The minimum atomic E-state index is -3.86. The Hall–Kier alpha value is -0.830. The van der Waals surface area contributed by atoms with Gasteiger partial charge in [0.25, 0.3) is 0 Å². The predicted octanol–water partition coefficient (Wildman–Crippen LogP) is 0.730. The van der Waals surface area contributed by atoms with Gasteiger partial charge in [-0.2, -0.15) is 4.31 Å². The first-order valence-electron chi connectivity index (χ1n) is 5.91. The number of hydrogen-bond donors (Lipinski definition) is 1. The van der Waals surface area contributed by atoms with Crippen molar-refractivity contribution in [1.82, 2.24) is 4.31 Å². The van der Waals surface area contributed by atoms with Gasteiger partial charge in [0, 0.05) is 17.6 Å². The quantitative estimate of drug-likeness (QED) is 0.802. The number of nitrogens with zero attached hydrogens (tertiary/aromatic N) is 1. The number of hydrogen-bond acceptors (Lipinski definition) is 5. The first-order chi connectivity index (χ1) is 9.13. The van der Waals surface area contributed by atoms with Crippen molar-refractivity contribution < 1.29 is 16.8 Å². The van der Waals surface area contributed by atoms with Crippen LogP contribution in [-0.2, 0) is 19.9 Å². The van der Waals surface area contributed by atoms with Crippen molar-refractivity contribution in [2.24, 2.45) is 0 Å². The third-order valence-corrected chi connectivity index (χ3v) is 7.27. The molecule has 2 N–H and O–H groups in total. The lowest BCUT2D eigenvalue weighted by atomic mass is 10.3. The number of rotatable bonds is 2. The Kier molecular flexibility index (Phi) is 4.03. The van der Waals surface area contributed by atoms with Crippen molar-refractivity contribution in [3.05, 3.63) is 23.2 Å². The molecule has 0 radical (unpaired) electrons. The van der Waals surface area contributed by atoms with Crippen LogP contribution in [-0.4, -0.2) is 45.2 Å². The highest BCUT2D eigenvalue weighted by molar-refractivity contribution is 7.92. The molecule has 0 spiro atoms. The maximum atomic E-state index is 12.6. The van der Waals surface area contributed by atoms with E-state index >= 15 is 0 Å². The Morgan fingerprint density at radius 3 is 2.65 bits per heavy atom. The first-order valence-corrected chi connectivity index (χ1v) is 9.55. The van der Waals surface area contributed by atoms with Crippen molar-refractivity contribution >= 4 is 37.1 Å². The average Bonchev–Trinajstić information content (AvgIpc) is 2.30. The van der Waals surface area contributed by atoms with Gasteiger partial charge in [-0.1, -0.05) is 11.6 Å². The minimum absolute atomic E-state index is 0.0716. The number of halogens is 1. The summed E-state index contributed by atoms with van der Waals surface area (Å²) in [6, 6.07) is 3.57. The summed E-state index contributed by atoms with van der Waals surface area (Å²) in [5, 5.41) is 0.259. The summed E-state index contributed by atoms with van der Waals surface area (Å²) in [5.74, 6) is -0.371. The smallest absolute Gasteiger partial charge is 0.245 e. The van der Waals surface area contributed by atoms with Crippen LogP contribution in [0.2, 0.25) is 5.02 Å². The molecule has 0 aliphatic carbocycles. The lowest BCUT2D eigenvalue weighted by molar-refractivity contribution is 0.357. The van der Waals surface area contributed by atoms with Gasteiger partial charge < -0.3 is 5.73 Å². The molecule has 1 aliphatic heterocycles. The third-order valence-electron chi connectivity index (χ3n) is 3.17. The third kappa shape index (κ3) is 2.93. The molecule has 1 aliphatic rings. The molecule has 0 saturated carbocycles. The van der Waals surface area contributed by atoms with Gasteiger partial charge >= 0.3 is 0 Å². The standard InChI is InChI=1S/C11H15ClN2O4S2/c1-8-7-19(15,16)5-4-14(8)20(17,18)11-6-9(12)2-3-10(11)13/h2-3,6,8H,4-5,7,13H2,1H3. The van der Waals surface area contributed by atoms with E-state index in [1.54, 1.807) is 6.92 Å². The molecule has 1 fully saturated rings. The van der Waals surface area contributed by atoms with Gasteiger partial charge in [-0.25, -0.2) is 16.8 Å². The van der Waals surface area contributed by atoms with Gasteiger partial charge in [0.15, 0.2) is 9.84 Å². The van der Waals surface area contributed by atoms with Crippen LogP contribution in [0.5, 0.6) is 0 Å². The Balaban J connectivity index is 2.43. The zero-order valence-electron chi connectivity index (χ0n) is 10.8.